The summed E-state index contributed by atoms with van der Waals surface area (Å²) in [4.78, 5) is 24.0. The molecule has 3 aromatic carbocycles. The van der Waals surface area contributed by atoms with Crippen molar-refractivity contribution in [2.75, 3.05) is 6.61 Å². The molecule has 0 bridgehead atoms. The molecule has 0 radical (unpaired) electrons. The van der Waals surface area contributed by atoms with Gasteiger partial charge < -0.3 is 9.47 Å². The summed E-state index contributed by atoms with van der Waals surface area (Å²) in [7, 11) is 0. The third-order valence-electron chi connectivity index (χ3n) is 4.49. The molecule has 0 atom stereocenters. The highest BCUT2D eigenvalue weighted by Crippen LogP contribution is 2.18. The summed E-state index contributed by atoms with van der Waals surface area (Å²) in [5, 5.41) is 3.92. The van der Waals surface area contributed by atoms with E-state index in [0.717, 1.165) is 10.0 Å². The van der Waals surface area contributed by atoms with Crippen LogP contribution in [-0.2, 0) is 4.79 Å². The van der Waals surface area contributed by atoms with Crippen molar-refractivity contribution in [2.45, 2.75) is 19.8 Å². The zero-order chi connectivity index (χ0) is 22.9. The van der Waals surface area contributed by atoms with Crippen LogP contribution in [0, 0.1) is 0 Å². The van der Waals surface area contributed by atoms with Crippen LogP contribution in [0.2, 0.25) is 0 Å². The predicted molar refractivity (Wildman–Crippen MR) is 127 cm³/mol. The molecule has 0 aliphatic rings. The minimum absolute atomic E-state index is 0.136. The van der Waals surface area contributed by atoms with Crippen molar-refractivity contribution in [3.63, 3.8) is 0 Å². The van der Waals surface area contributed by atoms with Gasteiger partial charge in [-0.25, -0.2) is 10.2 Å². The number of hydrogen-bond donors (Lipinski definition) is 1. The zero-order valence-electron chi connectivity index (χ0n) is 17.7. The van der Waals surface area contributed by atoms with Gasteiger partial charge in [0.25, 0.3) is 5.91 Å². The van der Waals surface area contributed by atoms with Crippen molar-refractivity contribution in [3.05, 3.63) is 94.0 Å². The van der Waals surface area contributed by atoms with Crippen LogP contribution in [0.25, 0.3) is 0 Å². The maximum atomic E-state index is 12.1. The van der Waals surface area contributed by atoms with Crippen LogP contribution in [0.1, 0.15) is 41.3 Å². The number of halogens is 1. The van der Waals surface area contributed by atoms with Crippen LogP contribution in [0.5, 0.6) is 11.5 Å². The number of benzene rings is 3. The second kappa shape index (κ2) is 11.2. The van der Waals surface area contributed by atoms with Gasteiger partial charge >= 0.3 is 5.97 Å². The number of carbonyl (C=O) groups is 2. The van der Waals surface area contributed by atoms with Gasteiger partial charge in [-0.1, -0.05) is 41.9 Å². The van der Waals surface area contributed by atoms with Gasteiger partial charge in [-0.05, 0) is 77.7 Å². The maximum Gasteiger partial charge on any atom is 0.343 e. The van der Waals surface area contributed by atoms with Gasteiger partial charge in [0.1, 0.15) is 11.5 Å². The topological polar surface area (TPSA) is 77.0 Å². The van der Waals surface area contributed by atoms with E-state index in [0.29, 0.717) is 23.0 Å². The van der Waals surface area contributed by atoms with E-state index in [1.165, 1.54) is 11.8 Å². The second-order valence-electron chi connectivity index (χ2n) is 7.27. The summed E-state index contributed by atoms with van der Waals surface area (Å²) in [5.41, 5.74) is 4.82. The normalized spacial score (nSPS) is 10.9. The number of nitrogens with one attached hydrogen (secondary N) is 1. The molecule has 0 aliphatic carbocycles. The fraction of sp³-hybridized carbons (Fsp3) is 0.160. The number of ether oxygens (including phenoxy) is 2. The Kier molecular flexibility index (Phi) is 8.16. The van der Waals surface area contributed by atoms with Crippen molar-refractivity contribution in [1.82, 2.24) is 5.43 Å². The highest BCUT2D eigenvalue weighted by atomic mass is 79.9. The van der Waals surface area contributed by atoms with E-state index in [4.69, 9.17) is 9.47 Å². The molecule has 1 amide bonds. The summed E-state index contributed by atoms with van der Waals surface area (Å²) in [6.45, 7) is 4.10. The largest absolute Gasteiger partial charge is 0.484 e. The molecule has 0 spiro atoms. The van der Waals surface area contributed by atoms with Gasteiger partial charge in [-0.3, -0.25) is 4.79 Å². The van der Waals surface area contributed by atoms with Crippen molar-refractivity contribution in [2.24, 2.45) is 5.10 Å². The fourth-order valence-electron chi connectivity index (χ4n) is 2.68. The number of amides is 1. The molecule has 3 aromatic rings. The lowest BCUT2D eigenvalue weighted by molar-refractivity contribution is -0.123. The molecule has 7 heteroatoms. The number of esters is 1. The molecular formula is C25H23BrN2O4. The summed E-state index contributed by atoms with van der Waals surface area (Å²) in [6.07, 6.45) is 1.50. The zero-order valence-corrected chi connectivity index (χ0v) is 19.3. The summed E-state index contributed by atoms with van der Waals surface area (Å²) >= 11 is 3.33. The summed E-state index contributed by atoms with van der Waals surface area (Å²) < 4.78 is 11.7. The molecule has 3 rings (SSSR count). The molecule has 32 heavy (non-hydrogen) atoms. The van der Waals surface area contributed by atoms with Gasteiger partial charge in [0, 0.05) is 4.47 Å². The van der Waals surface area contributed by atoms with Crippen molar-refractivity contribution in [3.8, 4) is 11.5 Å². The van der Waals surface area contributed by atoms with Crippen molar-refractivity contribution < 1.29 is 19.1 Å². The standard InChI is InChI=1S/C25H23BrN2O4/c1-17(2)19-7-13-22(14-8-19)31-16-24(29)28-27-15-18-3-11-23(12-4-18)32-25(30)20-5-9-21(26)10-6-20/h3-15,17H,16H2,1-2H3,(H,28,29)/b27-15-. The molecule has 0 aliphatic heterocycles. The van der Waals surface area contributed by atoms with Crippen LogP contribution in [0.4, 0.5) is 0 Å². The summed E-state index contributed by atoms with van der Waals surface area (Å²) in [5.74, 6) is 0.673. The van der Waals surface area contributed by atoms with E-state index in [-0.39, 0.29) is 12.5 Å². The molecule has 0 aromatic heterocycles. The highest BCUT2D eigenvalue weighted by molar-refractivity contribution is 9.10. The van der Waals surface area contributed by atoms with Gasteiger partial charge in [-0.2, -0.15) is 5.10 Å². The lowest BCUT2D eigenvalue weighted by Gasteiger charge is -2.08. The Labute approximate surface area is 195 Å². The van der Waals surface area contributed by atoms with Gasteiger partial charge in [0.2, 0.25) is 0 Å². The third-order valence-corrected chi connectivity index (χ3v) is 5.02. The Morgan fingerprint density at radius 3 is 2.19 bits per heavy atom. The van der Waals surface area contributed by atoms with Gasteiger partial charge in [0.15, 0.2) is 6.61 Å². The molecule has 1 N–H and O–H groups in total. The number of hydrogen-bond acceptors (Lipinski definition) is 5. The lowest BCUT2D eigenvalue weighted by atomic mass is 10.0. The quantitative estimate of drug-likeness (QED) is 0.199. The first-order chi connectivity index (χ1) is 15.4. The fourth-order valence-corrected chi connectivity index (χ4v) is 2.95. The van der Waals surface area contributed by atoms with Gasteiger partial charge in [-0.15, -0.1) is 0 Å². The Morgan fingerprint density at radius 2 is 1.56 bits per heavy atom. The van der Waals surface area contributed by atoms with Crippen LogP contribution in [-0.4, -0.2) is 24.7 Å². The van der Waals surface area contributed by atoms with Crippen molar-refractivity contribution >= 4 is 34.0 Å². The Balaban J connectivity index is 1.44. The minimum Gasteiger partial charge on any atom is -0.484 e. The molecule has 0 saturated heterocycles. The van der Waals surface area contributed by atoms with Crippen LogP contribution >= 0.6 is 15.9 Å². The summed E-state index contributed by atoms with van der Waals surface area (Å²) in [6, 6.07) is 21.3. The molecule has 0 heterocycles. The molecule has 0 saturated carbocycles. The molecule has 0 fully saturated rings. The van der Waals surface area contributed by atoms with Crippen LogP contribution < -0.4 is 14.9 Å². The van der Waals surface area contributed by atoms with Gasteiger partial charge in [0.05, 0.1) is 11.8 Å². The van der Waals surface area contributed by atoms with Crippen molar-refractivity contribution in [1.29, 1.82) is 0 Å². The van der Waals surface area contributed by atoms with Crippen LogP contribution in [0.3, 0.4) is 0 Å². The molecule has 0 unspecified atom stereocenters. The van der Waals surface area contributed by atoms with E-state index in [2.05, 4.69) is 40.3 Å². The Morgan fingerprint density at radius 1 is 0.938 bits per heavy atom. The number of hydrazone groups is 1. The first-order valence-corrected chi connectivity index (χ1v) is 10.8. The molecule has 164 valence electrons. The van der Waals surface area contributed by atoms with E-state index in [9.17, 15) is 9.59 Å². The number of rotatable bonds is 8. The van der Waals surface area contributed by atoms with E-state index >= 15 is 0 Å². The lowest BCUT2D eigenvalue weighted by Crippen LogP contribution is -2.24. The third kappa shape index (κ3) is 7.06. The predicted octanol–water partition coefficient (Wildman–Crippen LogP) is 5.32. The average molecular weight is 495 g/mol. The first-order valence-electron chi connectivity index (χ1n) is 10.0. The maximum absolute atomic E-state index is 12.1. The number of carbonyl (C=O) groups excluding carboxylic acids is 2. The Bertz CT molecular complexity index is 1080. The first kappa shape index (κ1) is 23.2. The smallest absolute Gasteiger partial charge is 0.343 e. The SMILES string of the molecule is CC(C)c1ccc(OCC(=O)N/N=C\c2ccc(OC(=O)c3ccc(Br)cc3)cc2)cc1. The average Bonchev–Trinajstić information content (AvgIpc) is 2.79. The van der Waals surface area contributed by atoms with Crippen LogP contribution in [0.15, 0.2) is 82.4 Å². The monoisotopic (exact) mass is 494 g/mol. The van der Waals surface area contributed by atoms with E-state index < -0.39 is 5.97 Å². The van der Waals surface area contributed by atoms with E-state index in [1.807, 2.05) is 24.3 Å². The second-order valence-corrected chi connectivity index (χ2v) is 8.19. The number of nitrogens with zero attached hydrogens (tertiary/aromatic N) is 1. The Hall–Kier alpha value is -3.45. The minimum atomic E-state index is -0.440. The molecular weight excluding hydrogens is 472 g/mol. The highest BCUT2D eigenvalue weighted by Gasteiger charge is 2.08. The van der Waals surface area contributed by atoms with E-state index in [1.54, 1.807) is 48.5 Å². The molecule has 6 nitrogen and oxygen atoms in total.